The molecule has 2 heterocycles. The average molecular weight is 348 g/mol. The number of likely N-dealkylation sites (tertiary alicyclic amines) is 1. The van der Waals surface area contributed by atoms with Crippen LogP contribution in [0.1, 0.15) is 44.9 Å². The number of benzene rings is 1. The van der Waals surface area contributed by atoms with Crippen LogP contribution in [-0.2, 0) is 4.79 Å². The molecule has 0 bridgehead atoms. The Morgan fingerprint density at radius 2 is 2.12 bits per heavy atom. The molecule has 2 aromatic rings. The fraction of sp³-hybridized carbons (Fsp3) is 0.500. The molecule has 24 heavy (non-hydrogen) atoms. The summed E-state index contributed by atoms with van der Waals surface area (Å²) in [4.78, 5) is 18.8. The lowest BCUT2D eigenvalue weighted by Gasteiger charge is -2.31. The monoisotopic (exact) mass is 347 g/mol. The van der Waals surface area contributed by atoms with Crippen LogP contribution in [0.2, 0.25) is 5.02 Å². The Balaban J connectivity index is 1.70. The third-order valence-corrected chi connectivity index (χ3v) is 4.50. The standard InChI is InChI=1S/C18H22ClN3O2/c1-12(2)10-16(23)22-9-3-4-14(11-22)18-20-17(21-24-18)13-5-7-15(19)8-6-13/h5-8,12,14H,3-4,9-11H2,1-2H3/t14-/m1/s1. The molecular formula is C18H22ClN3O2. The minimum Gasteiger partial charge on any atom is -0.342 e. The molecule has 1 aliphatic rings. The zero-order valence-corrected chi connectivity index (χ0v) is 14.8. The largest absolute Gasteiger partial charge is 0.342 e. The van der Waals surface area contributed by atoms with E-state index in [9.17, 15) is 4.79 Å². The summed E-state index contributed by atoms with van der Waals surface area (Å²) in [5.74, 6) is 1.88. The van der Waals surface area contributed by atoms with Crippen LogP contribution in [0.5, 0.6) is 0 Å². The summed E-state index contributed by atoms with van der Waals surface area (Å²) < 4.78 is 5.47. The summed E-state index contributed by atoms with van der Waals surface area (Å²) in [5.41, 5.74) is 0.873. The van der Waals surface area contributed by atoms with Gasteiger partial charge in [-0.25, -0.2) is 0 Å². The zero-order valence-electron chi connectivity index (χ0n) is 14.0. The Morgan fingerprint density at radius 3 is 2.83 bits per heavy atom. The summed E-state index contributed by atoms with van der Waals surface area (Å²) in [6.45, 7) is 5.61. The van der Waals surface area contributed by atoms with Crippen molar-refractivity contribution in [3.8, 4) is 11.4 Å². The number of rotatable bonds is 4. The van der Waals surface area contributed by atoms with Gasteiger partial charge in [0.1, 0.15) is 0 Å². The van der Waals surface area contributed by atoms with E-state index in [0.29, 0.717) is 35.6 Å². The maximum Gasteiger partial charge on any atom is 0.231 e. The Bertz CT molecular complexity index is 697. The van der Waals surface area contributed by atoms with Gasteiger partial charge in [0, 0.05) is 30.1 Å². The Labute approximate surface area is 147 Å². The van der Waals surface area contributed by atoms with Crippen LogP contribution in [0.15, 0.2) is 28.8 Å². The number of aromatic nitrogens is 2. The first-order valence-electron chi connectivity index (χ1n) is 8.40. The van der Waals surface area contributed by atoms with Crippen molar-refractivity contribution in [3.63, 3.8) is 0 Å². The number of carbonyl (C=O) groups is 1. The molecule has 1 atom stereocenters. The van der Waals surface area contributed by atoms with E-state index in [4.69, 9.17) is 16.1 Å². The molecular weight excluding hydrogens is 326 g/mol. The molecule has 5 nitrogen and oxygen atoms in total. The highest BCUT2D eigenvalue weighted by molar-refractivity contribution is 6.30. The highest BCUT2D eigenvalue weighted by Crippen LogP contribution is 2.28. The fourth-order valence-electron chi connectivity index (χ4n) is 3.00. The molecule has 1 aliphatic heterocycles. The molecule has 1 saturated heterocycles. The van der Waals surface area contributed by atoms with Crippen molar-refractivity contribution >= 4 is 17.5 Å². The van der Waals surface area contributed by atoms with Gasteiger partial charge in [-0.2, -0.15) is 4.98 Å². The third-order valence-electron chi connectivity index (χ3n) is 4.25. The number of carbonyl (C=O) groups excluding carboxylic acids is 1. The molecule has 0 unspecified atom stereocenters. The summed E-state index contributed by atoms with van der Waals surface area (Å²) in [6.07, 6.45) is 2.52. The Morgan fingerprint density at radius 1 is 1.38 bits per heavy atom. The first kappa shape index (κ1) is 17.0. The van der Waals surface area contributed by atoms with Gasteiger partial charge in [-0.15, -0.1) is 0 Å². The van der Waals surface area contributed by atoms with Crippen LogP contribution in [0.4, 0.5) is 0 Å². The summed E-state index contributed by atoms with van der Waals surface area (Å²) >= 11 is 5.91. The molecule has 0 aliphatic carbocycles. The minimum atomic E-state index is 0.114. The minimum absolute atomic E-state index is 0.114. The van der Waals surface area contributed by atoms with Gasteiger partial charge in [0.2, 0.25) is 17.6 Å². The number of piperidine rings is 1. The first-order valence-corrected chi connectivity index (χ1v) is 8.78. The van der Waals surface area contributed by atoms with Crippen molar-refractivity contribution in [2.45, 2.75) is 39.0 Å². The lowest BCUT2D eigenvalue weighted by Crippen LogP contribution is -2.39. The smallest absolute Gasteiger partial charge is 0.231 e. The maximum absolute atomic E-state index is 12.3. The normalized spacial score (nSPS) is 18.2. The van der Waals surface area contributed by atoms with Crippen LogP contribution in [0.3, 0.4) is 0 Å². The molecule has 0 saturated carbocycles. The van der Waals surface area contributed by atoms with Gasteiger partial charge in [0.15, 0.2) is 0 Å². The number of hydrogen-bond acceptors (Lipinski definition) is 4. The third kappa shape index (κ3) is 3.96. The second-order valence-electron chi connectivity index (χ2n) is 6.74. The highest BCUT2D eigenvalue weighted by Gasteiger charge is 2.28. The topological polar surface area (TPSA) is 59.2 Å². The Kier molecular flexibility index (Phi) is 5.19. The number of hydrogen-bond donors (Lipinski definition) is 0. The first-order chi connectivity index (χ1) is 11.5. The lowest BCUT2D eigenvalue weighted by molar-refractivity contribution is -0.133. The van der Waals surface area contributed by atoms with Gasteiger partial charge in [-0.05, 0) is 43.0 Å². The van der Waals surface area contributed by atoms with E-state index in [1.165, 1.54) is 0 Å². The zero-order chi connectivity index (χ0) is 17.1. The van der Waals surface area contributed by atoms with Gasteiger partial charge in [0.05, 0.1) is 5.92 Å². The molecule has 0 spiro atoms. The van der Waals surface area contributed by atoms with Gasteiger partial charge < -0.3 is 9.42 Å². The fourth-order valence-corrected chi connectivity index (χ4v) is 3.13. The van der Waals surface area contributed by atoms with E-state index in [1.54, 1.807) is 12.1 Å². The number of amides is 1. The molecule has 3 rings (SSSR count). The van der Waals surface area contributed by atoms with Crippen molar-refractivity contribution in [2.75, 3.05) is 13.1 Å². The van der Waals surface area contributed by atoms with Crippen molar-refractivity contribution in [1.82, 2.24) is 15.0 Å². The molecule has 1 aromatic heterocycles. The summed E-state index contributed by atoms with van der Waals surface area (Å²) in [6, 6.07) is 7.35. The van der Waals surface area contributed by atoms with E-state index >= 15 is 0 Å². The van der Waals surface area contributed by atoms with Crippen LogP contribution in [-0.4, -0.2) is 34.0 Å². The molecule has 1 amide bonds. The predicted molar refractivity (Wildman–Crippen MR) is 92.8 cm³/mol. The van der Waals surface area contributed by atoms with Crippen molar-refractivity contribution in [1.29, 1.82) is 0 Å². The molecule has 0 N–H and O–H groups in total. The quantitative estimate of drug-likeness (QED) is 0.833. The summed E-state index contributed by atoms with van der Waals surface area (Å²) in [7, 11) is 0. The van der Waals surface area contributed by atoms with Crippen LogP contribution in [0.25, 0.3) is 11.4 Å². The maximum atomic E-state index is 12.3. The van der Waals surface area contributed by atoms with E-state index in [0.717, 1.165) is 24.9 Å². The van der Waals surface area contributed by atoms with Crippen molar-refractivity contribution in [2.24, 2.45) is 5.92 Å². The van der Waals surface area contributed by atoms with Crippen LogP contribution < -0.4 is 0 Å². The van der Waals surface area contributed by atoms with Crippen molar-refractivity contribution < 1.29 is 9.32 Å². The van der Waals surface area contributed by atoms with E-state index < -0.39 is 0 Å². The number of halogens is 1. The SMILES string of the molecule is CC(C)CC(=O)N1CCC[C@@H](c2nc(-c3ccc(Cl)cc3)no2)C1. The second-order valence-corrected chi connectivity index (χ2v) is 7.18. The van der Waals surface area contributed by atoms with Gasteiger partial charge >= 0.3 is 0 Å². The average Bonchev–Trinajstić information content (AvgIpc) is 3.05. The predicted octanol–water partition coefficient (Wildman–Crippen LogP) is 4.14. The molecule has 1 fully saturated rings. The Hall–Kier alpha value is -1.88. The van der Waals surface area contributed by atoms with E-state index in [2.05, 4.69) is 24.0 Å². The molecule has 0 radical (unpaired) electrons. The molecule has 1 aromatic carbocycles. The highest BCUT2D eigenvalue weighted by atomic mass is 35.5. The van der Waals surface area contributed by atoms with Crippen LogP contribution >= 0.6 is 11.6 Å². The second kappa shape index (κ2) is 7.34. The molecule has 6 heteroatoms. The number of nitrogens with zero attached hydrogens (tertiary/aromatic N) is 3. The van der Waals surface area contributed by atoms with Gasteiger partial charge in [-0.1, -0.05) is 30.6 Å². The van der Waals surface area contributed by atoms with E-state index in [1.807, 2.05) is 17.0 Å². The molecule has 128 valence electrons. The van der Waals surface area contributed by atoms with Crippen LogP contribution in [0, 0.1) is 5.92 Å². The van der Waals surface area contributed by atoms with Gasteiger partial charge in [0.25, 0.3) is 0 Å². The van der Waals surface area contributed by atoms with Gasteiger partial charge in [-0.3, -0.25) is 4.79 Å². The van der Waals surface area contributed by atoms with E-state index in [-0.39, 0.29) is 11.8 Å². The van der Waals surface area contributed by atoms with Crippen molar-refractivity contribution in [3.05, 3.63) is 35.2 Å². The lowest BCUT2D eigenvalue weighted by atomic mass is 9.97. The summed E-state index contributed by atoms with van der Waals surface area (Å²) in [5, 5.41) is 4.75.